The Balaban J connectivity index is 2.38. The van der Waals surface area contributed by atoms with E-state index in [1.807, 2.05) is 0 Å². The molecule has 1 heteroatoms. The van der Waals surface area contributed by atoms with E-state index in [-0.39, 0.29) is 0 Å². The van der Waals surface area contributed by atoms with E-state index in [1.54, 1.807) is 5.56 Å². The Hall–Kier alpha value is -0.820. The van der Waals surface area contributed by atoms with Crippen molar-refractivity contribution in [1.29, 1.82) is 0 Å². The van der Waals surface area contributed by atoms with Crippen LogP contribution >= 0.6 is 0 Å². The van der Waals surface area contributed by atoms with E-state index < -0.39 is 0 Å². The normalized spacial score (nSPS) is 17.8. The van der Waals surface area contributed by atoms with E-state index in [4.69, 9.17) is 5.73 Å². The SMILES string of the molecule is CCC(CC)c1ccccc1C1(CN)CC1. The van der Waals surface area contributed by atoms with E-state index in [9.17, 15) is 0 Å². The molecule has 0 radical (unpaired) electrons. The molecule has 2 N–H and O–H groups in total. The first-order chi connectivity index (χ1) is 7.77. The van der Waals surface area contributed by atoms with Gasteiger partial charge in [0.2, 0.25) is 0 Å². The molecule has 88 valence electrons. The molecule has 1 fully saturated rings. The van der Waals surface area contributed by atoms with Crippen molar-refractivity contribution in [3.05, 3.63) is 35.4 Å². The van der Waals surface area contributed by atoms with Crippen molar-refractivity contribution in [3.63, 3.8) is 0 Å². The van der Waals surface area contributed by atoms with Gasteiger partial charge in [-0.05, 0) is 42.7 Å². The predicted octanol–water partition coefficient (Wildman–Crippen LogP) is 3.58. The van der Waals surface area contributed by atoms with Crippen LogP contribution in [0.4, 0.5) is 0 Å². The molecule has 0 unspecified atom stereocenters. The lowest BCUT2D eigenvalue weighted by Crippen LogP contribution is -2.22. The molecular formula is C15H23N. The van der Waals surface area contributed by atoms with Crippen molar-refractivity contribution in [3.8, 4) is 0 Å². The molecule has 1 aromatic carbocycles. The maximum Gasteiger partial charge on any atom is 0.00790 e. The highest BCUT2D eigenvalue weighted by atomic mass is 14.7. The minimum Gasteiger partial charge on any atom is -0.330 e. The third-order valence-electron chi connectivity index (χ3n) is 4.20. The Morgan fingerprint density at radius 3 is 2.31 bits per heavy atom. The number of hydrogen-bond donors (Lipinski definition) is 1. The van der Waals surface area contributed by atoms with Gasteiger partial charge in [0.15, 0.2) is 0 Å². The molecule has 1 aromatic rings. The average molecular weight is 217 g/mol. The third kappa shape index (κ3) is 1.89. The predicted molar refractivity (Wildman–Crippen MR) is 69.7 cm³/mol. The van der Waals surface area contributed by atoms with E-state index in [0.717, 1.165) is 6.54 Å². The van der Waals surface area contributed by atoms with Crippen LogP contribution in [0.3, 0.4) is 0 Å². The maximum absolute atomic E-state index is 5.95. The smallest absolute Gasteiger partial charge is 0.00790 e. The lowest BCUT2D eigenvalue weighted by atomic mass is 9.83. The van der Waals surface area contributed by atoms with Gasteiger partial charge in [0, 0.05) is 12.0 Å². The lowest BCUT2D eigenvalue weighted by Gasteiger charge is -2.22. The summed E-state index contributed by atoms with van der Waals surface area (Å²) in [6, 6.07) is 8.94. The monoisotopic (exact) mass is 217 g/mol. The molecule has 0 spiro atoms. The second-order valence-electron chi connectivity index (χ2n) is 5.09. The molecule has 0 bridgehead atoms. The van der Waals surface area contributed by atoms with Crippen molar-refractivity contribution in [2.45, 2.75) is 50.9 Å². The summed E-state index contributed by atoms with van der Waals surface area (Å²) in [6.45, 7) is 5.38. The van der Waals surface area contributed by atoms with E-state index in [1.165, 1.54) is 31.2 Å². The number of rotatable bonds is 5. The Kier molecular flexibility index (Phi) is 3.34. The summed E-state index contributed by atoms with van der Waals surface area (Å²) in [5, 5.41) is 0. The minimum atomic E-state index is 0.333. The van der Waals surface area contributed by atoms with Crippen LogP contribution in [-0.4, -0.2) is 6.54 Å². The van der Waals surface area contributed by atoms with E-state index in [0.29, 0.717) is 11.3 Å². The molecule has 2 rings (SSSR count). The van der Waals surface area contributed by atoms with E-state index in [2.05, 4.69) is 38.1 Å². The zero-order chi connectivity index (χ0) is 11.6. The van der Waals surface area contributed by atoms with Crippen LogP contribution in [0.1, 0.15) is 56.6 Å². The Morgan fingerprint density at radius 1 is 1.19 bits per heavy atom. The molecule has 0 saturated heterocycles. The quantitative estimate of drug-likeness (QED) is 0.801. The van der Waals surface area contributed by atoms with Gasteiger partial charge < -0.3 is 5.73 Å². The first-order valence-corrected chi connectivity index (χ1v) is 6.57. The molecule has 0 aromatic heterocycles. The van der Waals surface area contributed by atoms with E-state index >= 15 is 0 Å². The van der Waals surface area contributed by atoms with Crippen LogP contribution in [0.2, 0.25) is 0 Å². The molecular weight excluding hydrogens is 194 g/mol. The summed E-state index contributed by atoms with van der Waals surface area (Å²) in [7, 11) is 0. The second-order valence-corrected chi connectivity index (χ2v) is 5.09. The Labute approximate surface area is 99.0 Å². The summed E-state index contributed by atoms with van der Waals surface area (Å²) in [5.74, 6) is 0.709. The molecule has 0 aliphatic heterocycles. The molecule has 1 saturated carbocycles. The fraction of sp³-hybridized carbons (Fsp3) is 0.600. The molecule has 1 aliphatic carbocycles. The van der Waals surface area contributed by atoms with Gasteiger partial charge >= 0.3 is 0 Å². The molecule has 0 atom stereocenters. The van der Waals surface area contributed by atoms with Crippen LogP contribution in [-0.2, 0) is 5.41 Å². The highest BCUT2D eigenvalue weighted by Gasteiger charge is 2.44. The van der Waals surface area contributed by atoms with Crippen molar-refractivity contribution in [2.75, 3.05) is 6.54 Å². The van der Waals surface area contributed by atoms with Crippen molar-refractivity contribution >= 4 is 0 Å². The Morgan fingerprint density at radius 2 is 1.81 bits per heavy atom. The first kappa shape index (κ1) is 11.7. The molecule has 0 heterocycles. The Bertz CT molecular complexity index is 348. The molecule has 1 nitrogen and oxygen atoms in total. The van der Waals surface area contributed by atoms with Crippen molar-refractivity contribution < 1.29 is 0 Å². The van der Waals surface area contributed by atoms with Crippen LogP contribution in [0, 0.1) is 0 Å². The van der Waals surface area contributed by atoms with Crippen LogP contribution in [0.15, 0.2) is 24.3 Å². The van der Waals surface area contributed by atoms with Crippen LogP contribution in [0.5, 0.6) is 0 Å². The topological polar surface area (TPSA) is 26.0 Å². The minimum absolute atomic E-state index is 0.333. The van der Waals surface area contributed by atoms with Gasteiger partial charge in [-0.2, -0.15) is 0 Å². The summed E-state index contributed by atoms with van der Waals surface area (Å²) >= 11 is 0. The first-order valence-electron chi connectivity index (χ1n) is 6.57. The number of hydrogen-bond acceptors (Lipinski definition) is 1. The van der Waals surface area contributed by atoms with Gasteiger partial charge in [-0.1, -0.05) is 38.1 Å². The highest BCUT2D eigenvalue weighted by molar-refractivity contribution is 5.41. The largest absolute Gasteiger partial charge is 0.330 e. The fourth-order valence-electron chi connectivity index (χ4n) is 2.80. The van der Waals surface area contributed by atoms with Crippen LogP contribution < -0.4 is 5.73 Å². The number of nitrogens with two attached hydrogens (primary N) is 1. The lowest BCUT2D eigenvalue weighted by molar-refractivity contribution is 0.611. The van der Waals surface area contributed by atoms with Gasteiger partial charge in [0.05, 0.1) is 0 Å². The van der Waals surface area contributed by atoms with Crippen molar-refractivity contribution in [1.82, 2.24) is 0 Å². The van der Waals surface area contributed by atoms with Gasteiger partial charge in [0.25, 0.3) is 0 Å². The van der Waals surface area contributed by atoms with Gasteiger partial charge in [-0.25, -0.2) is 0 Å². The zero-order valence-corrected chi connectivity index (χ0v) is 10.5. The summed E-state index contributed by atoms with van der Waals surface area (Å²) in [5.41, 5.74) is 9.37. The van der Waals surface area contributed by atoms with Gasteiger partial charge in [0.1, 0.15) is 0 Å². The van der Waals surface area contributed by atoms with Crippen LogP contribution in [0.25, 0.3) is 0 Å². The maximum atomic E-state index is 5.95. The molecule has 0 amide bonds. The second kappa shape index (κ2) is 4.58. The summed E-state index contributed by atoms with van der Waals surface area (Å²) in [4.78, 5) is 0. The van der Waals surface area contributed by atoms with Crippen molar-refractivity contribution in [2.24, 2.45) is 5.73 Å². The summed E-state index contributed by atoms with van der Waals surface area (Å²) in [6.07, 6.45) is 5.02. The standard InChI is InChI=1S/C15H23N/c1-3-12(4-2)13-7-5-6-8-14(13)15(11-16)9-10-15/h5-8,12H,3-4,9-11,16H2,1-2H3. The van der Waals surface area contributed by atoms with Gasteiger partial charge in [-0.3, -0.25) is 0 Å². The summed E-state index contributed by atoms with van der Waals surface area (Å²) < 4.78 is 0. The average Bonchev–Trinajstić information content (AvgIpc) is 3.12. The highest BCUT2D eigenvalue weighted by Crippen LogP contribution is 2.49. The third-order valence-corrected chi connectivity index (χ3v) is 4.20. The fourth-order valence-corrected chi connectivity index (χ4v) is 2.80. The zero-order valence-electron chi connectivity index (χ0n) is 10.5. The van der Waals surface area contributed by atoms with Gasteiger partial charge in [-0.15, -0.1) is 0 Å². The molecule has 16 heavy (non-hydrogen) atoms. The molecule has 1 aliphatic rings. The number of benzene rings is 1.